The molecule has 0 N–H and O–H groups in total. The third kappa shape index (κ3) is 4.93. The van der Waals surface area contributed by atoms with Gasteiger partial charge in [0.2, 0.25) is 0 Å². The Bertz CT molecular complexity index is 2540. The molecule has 0 aliphatic rings. The highest BCUT2D eigenvalue weighted by Crippen LogP contribution is 2.48. The van der Waals surface area contributed by atoms with Crippen LogP contribution in [0.1, 0.15) is 0 Å². The summed E-state index contributed by atoms with van der Waals surface area (Å²) in [5.74, 6) is 0. The first-order valence-electron chi connectivity index (χ1n) is 16.2. The van der Waals surface area contributed by atoms with Gasteiger partial charge < -0.3 is 4.90 Å². The molecule has 0 radical (unpaired) electrons. The van der Waals surface area contributed by atoms with Gasteiger partial charge in [0.25, 0.3) is 0 Å². The quantitative estimate of drug-likeness (QED) is 0.182. The van der Waals surface area contributed by atoms with Crippen molar-refractivity contribution in [3.63, 3.8) is 0 Å². The Hall–Kier alpha value is -6.03. The largest absolute Gasteiger partial charge is 0.309 e. The topological polar surface area (TPSA) is 16.1 Å². The number of thiophene rings is 1. The Balaban J connectivity index is 1.22. The molecular formula is C45H30N2S. The van der Waals surface area contributed by atoms with Gasteiger partial charge in [0.1, 0.15) is 0 Å². The van der Waals surface area contributed by atoms with E-state index in [0.717, 1.165) is 17.1 Å². The highest BCUT2D eigenvalue weighted by molar-refractivity contribution is 7.26. The number of pyridine rings is 1. The van der Waals surface area contributed by atoms with Crippen molar-refractivity contribution in [1.82, 2.24) is 4.98 Å². The van der Waals surface area contributed by atoms with Crippen molar-refractivity contribution in [2.75, 3.05) is 4.90 Å². The molecule has 0 bridgehead atoms. The number of hydrogen-bond donors (Lipinski definition) is 0. The fourth-order valence-electron chi connectivity index (χ4n) is 6.84. The predicted octanol–water partition coefficient (Wildman–Crippen LogP) is 13.1. The van der Waals surface area contributed by atoms with Crippen LogP contribution in [0.5, 0.6) is 0 Å². The minimum Gasteiger partial charge on any atom is -0.309 e. The van der Waals surface area contributed by atoms with Crippen molar-refractivity contribution in [2.24, 2.45) is 0 Å². The average Bonchev–Trinajstić information content (AvgIpc) is 3.56. The van der Waals surface area contributed by atoms with E-state index in [2.05, 4.69) is 180 Å². The number of aromatic nitrogens is 1. The fourth-order valence-corrected chi connectivity index (χ4v) is 8.08. The molecule has 0 aliphatic carbocycles. The summed E-state index contributed by atoms with van der Waals surface area (Å²) in [5, 5.41) is 4.92. The van der Waals surface area contributed by atoms with Crippen molar-refractivity contribution in [1.29, 1.82) is 0 Å². The molecule has 3 heteroatoms. The number of anilines is 3. The molecule has 0 spiro atoms. The Morgan fingerprint density at radius 1 is 0.438 bits per heavy atom. The zero-order chi connectivity index (χ0) is 31.9. The maximum absolute atomic E-state index is 4.48. The molecule has 0 fully saturated rings. The molecule has 2 heterocycles. The smallest absolute Gasteiger partial charge is 0.0555 e. The summed E-state index contributed by atoms with van der Waals surface area (Å²) in [4.78, 5) is 6.92. The van der Waals surface area contributed by atoms with E-state index in [4.69, 9.17) is 0 Å². The first-order chi connectivity index (χ1) is 23.8. The van der Waals surface area contributed by atoms with Crippen LogP contribution in [0, 0.1) is 0 Å². The van der Waals surface area contributed by atoms with E-state index in [1.165, 1.54) is 64.3 Å². The molecule has 0 amide bonds. The van der Waals surface area contributed by atoms with Crippen molar-refractivity contribution in [2.45, 2.75) is 0 Å². The highest BCUT2D eigenvalue weighted by atomic mass is 32.1. The Morgan fingerprint density at radius 3 is 1.77 bits per heavy atom. The summed E-state index contributed by atoms with van der Waals surface area (Å²) in [6, 6.07) is 61.1. The van der Waals surface area contributed by atoms with Crippen molar-refractivity contribution in [3.05, 3.63) is 182 Å². The summed E-state index contributed by atoms with van der Waals surface area (Å²) in [6.07, 6.45) is 3.87. The first kappa shape index (κ1) is 28.2. The van der Waals surface area contributed by atoms with Gasteiger partial charge in [-0.2, -0.15) is 0 Å². The van der Waals surface area contributed by atoms with Crippen molar-refractivity contribution >= 4 is 59.3 Å². The molecule has 9 rings (SSSR count). The second kappa shape index (κ2) is 12.0. The number of para-hydroxylation sites is 1. The third-order valence-corrected chi connectivity index (χ3v) is 10.4. The second-order valence-electron chi connectivity index (χ2n) is 12.0. The lowest BCUT2D eigenvalue weighted by Gasteiger charge is -2.29. The number of nitrogens with zero attached hydrogens (tertiary/aromatic N) is 2. The van der Waals surface area contributed by atoms with Crippen LogP contribution in [-0.4, -0.2) is 4.98 Å². The molecule has 0 unspecified atom stereocenters. The SMILES string of the molecule is c1ccc(-c2ccc(-c3ccc(N(c4ccccc4-c4ccccc4)c4cccc5sc6c7cnccc7ccc6c45)cc3)cc2)cc1. The first-order valence-corrected chi connectivity index (χ1v) is 17.0. The highest BCUT2D eigenvalue weighted by Gasteiger charge is 2.21. The van der Waals surface area contributed by atoms with E-state index in [0.29, 0.717) is 0 Å². The molecule has 0 saturated heterocycles. The normalized spacial score (nSPS) is 11.3. The van der Waals surface area contributed by atoms with Gasteiger partial charge in [0.05, 0.1) is 11.4 Å². The van der Waals surface area contributed by atoms with E-state index >= 15 is 0 Å². The fraction of sp³-hybridized carbons (Fsp3) is 0. The van der Waals surface area contributed by atoms with Crippen LogP contribution in [0.2, 0.25) is 0 Å². The number of benzene rings is 7. The monoisotopic (exact) mass is 630 g/mol. The minimum atomic E-state index is 1.11. The standard InChI is InChI=1S/C45H30N2S/c1-3-10-31(11-4-1)32-18-20-33(21-19-32)34-22-25-37(26-23-34)47(41-15-8-7-14-38(41)35-12-5-2-6-13-35)42-16-9-17-43-44(42)39-27-24-36-28-29-46-30-40(36)45(39)48-43/h1-30H. The lowest BCUT2D eigenvalue weighted by Crippen LogP contribution is -2.11. The van der Waals surface area contributed by atoms with Gasteiger partial charge in [0.15, 0.2) is 0 Å². The minimum absolute atomic E-state index is 1.11. The van der Waals surface area contributed by atoms with Crippen LogP contribution in [-0.2, 0) is 0 Å². The zero-order valence-electron chi connectivity index (χ0n) is 26.1. The average molecular weight is 631 g/mol. The van der Waals surface area contributed by atoms with E-state index in [-0.39, 0.29) is 0 Å². The van der Waals surface area contributed by atoms with Crippen LogP contribution in [0.4, 0.5) is 17.1 Å². The van der Waals surface area contributed by atoms with E-state index < -0.39 is 0 Å². The molecule has 2 nitrogen and oxygen atoms in total. The lowest BCUT2D eigenvalue weighted by atomic mass is 9.99. The molecule has 0 aliphatic heterocycles. The lowest BCUT2D eigenvalue weighted by molar-refractivity contribution is 1.30. The van der Waals surface area contributed by atoms with Gasteiger partial charge in [-0.25, -0.2) is 0 Å². The van der Waals surface area contributed by atoms with Crippen LogP contribution < -0.4 is 4.90 Å². The Kier molecular flexibility index (Phi) is 7.03. The molecule has 0 saturated carbocycles. The van der Waals surface area contributed by atoms with E-state index in [9.17, 15) is 0 Å². The van der Waals surface area contributed by atoms with Gasteiger partial charge in [-0.15, -0.1) is 11.3 Å². The van der Waals surface area contributed by atoms with Crippen LogP contribution >= 0.6 is 11.3 Å². The van der Waals surface area contributed by atoms with Gasteiger partial charge >= 0.3 is 0 Å². The molecule has 0 atom stereocenters. The number of fused-ring (bicyclic) bond motifs is 5. The zero-order valence-corrected chi connectivity index (χ0v) is 26.9. The van der Waals surface area contributed by atoms with Crippen molar-refractivity contribution in [3.8, 4) is 33.4 Å². The van der Waals surface area contributed by atoms with E-state index in [1.807, 2.05) is 23.7 Å². The maximum atomic E-state index is 4.48. The van der Waals surface area contributed by atoms with Crippen molar-refractivity contribution < 1.29 is 0 Å². The van der Waals surface area contributed by atoms with Gasteiger partial charge in [-0.05, 0) is 69.6 Å². The molecule has 9 aromatic rings. The van der Waals surface area contributed by atoms with Crippen LogP contribution in [0.25, 0.3) is 64.3 Å². The Morgan fingerprint density at radius 2 is 1.04 bits per heavy atom. The molecule has 48 heavy (non-hydrogen) atoms. The summed E-state index contributed by atoms with van der Waals surface area (Å²) < 4.78 is 2.53. The molecule has 7 aromatic carbocycles. The summed E-state index contributed by atoms with van der Waals surface area (Å²) in [6.45, 7) is 0. The second-order valence-corrected chi connectivity index (χ2v) is 13.1. The maximum Gasteiger partial charge on any atom is 0.0555 e. The van der Waals surface area contributed by atoms with Crippen LogP contribution in [0.3, 0.4) is 0 Å². The predicted molar refractivity (Wildman–Crippen MR) is 206 cm³/mol. The summed E-state index contributed by atoms with van der Waals surface area (Å²) in [5.41, 5.74) is 10.6. The number of rotatable bonds is 6. The van der Waals surface area contributed by atoms with Crippen LogP contribution in [0.15, 0.2) is 182 Å². The summed E-state index contributed by atoms with van der Waals surface area (Å²) in [7, 11) is 0. The number of hydrogen-bond acceptors (Lipinski definition) is 3. The van der Waals surface area contributed by atoms with Gasteiger partial charge in [-0.1, -0.05) is 133 Å². The third-order valence-electron chi connectivity index (χ3n) is 9.18. The molecule has 2 aromatic heterocycles. The van der Waals surface area contributed by atoms with Gasteiger partial charge in [0, 0.05) is 49.2 Å². The summed E-state index contributed by atoms with van der Waals surface area (Å²) >= 11 is 1.85. The molecular weight excluding hydrogens is 601 g/mol. The Labute approximate surface area is 283 Å². The van der Waals surface area contributed by atoms with E-state index in [1.54, 1.807) is 0 Å². The molecule has 226 valence electrons. The van der Waals surface area contributed by atoms with Gasteiger partial charge in [-0.3, -0.25) is 4.98 Å².